The Morgan fingerprint density at radius 2 is 1.89 bits per heavy atom. The standard InChI is InChI=1S/C15H19N2O2/c1-11(12-8-6-5-7-9-12)13-14(17(2)10-16)15(13,18-3)19-4/h5-10,13-14,16H,1-2H2,3-4H3/q+1. The van der Waals surface area contributed by atoms with Crippen LogP contribution in [0.15, 0.2) is 36.9 Å². The molecule has 4 nitrogen and oxygen atoms in total. The summed E-state index contributed by atoms with van der Waals surface area (Å²) in [6, 6.07) is 9.78. The second-order valence-corrected chi connectivity index (χ2v) is 4.59. The molecule has 0 aromatic heterocycles. The molecule has 0 heterocycles. The SMILES string of the molecule is C=C(c1ccccc1)C1C([N+](=C)C=N)C1(OC)OC. The van der Waals surface area contributed by atoms with Crippen LogP contribution in [-0.4, -0.2) is 43.7 Å². The highest BCUT2D eigenvalue weighted by Gasteiger charge is 2.72. The van der Waals surface area contributed by atoms with Crippen LogP contribution in [0.25, 0.3) is 5.57 Å². The van der Waals surface area contributed by atoms with Gasteiger partial charge in [0.25, 0.3) is 6.34 Å². The van der Waals surface area contributed by atoms with E-state index in [9.17, 15) is 0 Å². The summed E-state index contributed by atoms with van der Waals surface area (Å²) in [5, 5.41) is 7.34. The van der Waals surface area contributed by atoms with Crippen molar-refractivity contribution in [1.29, 1.82) is 5.41 Å². The first-order chi connectivity index (χ1) is 9.12. The van der Waals surface area contributed by atoms with Gasteiger partial charge in [-0.3, -0.25) is 0 Å². The molecule has 4 heteroatoms. The van der Waals surface area contributed by atoms with Gasteiger partial charge in [-0.25, -0.2) is 4.58 Å². The fourth-order valence-corrected chi connectivity index (χ4v) is 2.67. The number of ether oxygens (including phenoxy) is 2. The Hall–Kier alpha value is -1.78. The van der Waals surface area contributed by atoms with Crippen molar-refractivity contribution < 1.29 is 14.0 Å². The lowest BCUT2D eigenvalue weighted by Crippen LogP contribution is -2.26. The lowest BCUT2D eigenvalue weighted by atomic mass is 10.0. The average Bonchev–Trinajstić information content (AvgIpc) is 3.16. The summed E-state index contributed by atoms with van der Waals surface area (Å²) in [6.07, 6.45) is 1.18. The normalized spacial score (nSPS) is 23.7. The van der Waals surface area contributed by atoms with E-state index < -0.39 is 5.79 Å². The van der Waals surface area contributed by atoms with Gasteiger partial charge in [-0.05, 0) is 11.1 Å². The average molecular weight is 259 g/mol. The van der Waals surface area contributed by atoms with Crippen LogP contribution in [0.5, 0.6) is 0 Å². The molecule has 0 radical (unpaired) electrons. The van der Waals surface area contributed by atoms with Gasteiger partial charge in [0.2, 0.25) is 5.79 Å². The van der Waals surface area contributed by atoms with Crippen molar-refractivity contribution in [1.82, 2.24) is 0 Å². The fourth-order valence-electron chi connectivity index (χ4n) is 2.67. The summed E-state index contributed by atoms with van der Waals surface area (Å²) in [5.41, 5.74) is 1.98. The second-order valence-electron chi connectivity index (χ2n) is 4.59. The van der Waals surface area contributed by atoms with Gasteiger partial charge < -0.3 is 9.47 Å². The minimum atomic E-state index is -0.772. The van der Waals surface area contributed by atoms with Crippen molar-refractivity contribution >= 4 is 18.6 Å². The van der Waals surface area contributed by atoms with E-state index in [0.29, 0.717) is 0 Å². The zero-order valence-electron chi connectivity index (χ0n) is 11.3. The number of rotatable bonds is 6. The van der Waals surface area contributed by atoms with Crippen molar-refractivity contribution in [2.45, 2.75) is 11.8 Å². The summed E-state index contributed by atoms with van der Waals surface area (Å²) in [4.78, 5) is 0. The van der Waals surface area contributed by atoms with Crippen LogP contribution >= 0.6 is 0 Å². The van der Waals surface area contributed by atoms with Gasteiger partial charge in [-0.2, -0.15) is 0 Å². The number of hydrogen-bond acceptors (Lipinski definition) is 3. The molecule has 1 aliphatic carbocycles. The molecule has 1 N–H and O–H groups in total. The van der Waals surface area contributed by atoms with Crippen LogP contribution in [-0.2, 0) is 9.47 Å². The highest BCUT2D eigenvalue weighted by molar-refractivity contribution is 5.70. The Balaban J connectivity index is 2.31. The Morgan fingerprint density at radius 1 is 1.32 bits per heavy atom. The molecular weight excluding hydrogens is 240 g/mol. The predicted octanol–water partition coefficient (Wildman–Crippen LogP) is 2.01. The van der Waals surface area contributed by atoms with Crippen LogP contribution in [0.4, 0.5) is 0 Å². The van der Waals surface area contributed by atoms with E-state index in [2.05, 4.69) is 13.3 Å². The molecular formula is C15H19N2O2+. The van der Waals surface area contributed by atoms with Gasteiger partial charge in [0.05, 0.1) is 12.6 Å². The van der Waals surface area contributed by atoms with E-state index in [1.165, 1.54) is 6.34 Å². The Labute approximate surface area is 113 Å². The number of nitrogens with zero attached hydrogens (tertiary/aromatic N) is 1. The Bertz CT molecular complexity index is 506. The topological polar surface area (TPSA) is 45.3 Å². The van der Waals surface area contributed by atoms with Crippen LogP contribution in [0, 0.1) is 11.3 Å². The number of hydrogen-bond donors (Lipinski definition) is 1. The lowest BCUT2D eigenvalue weighted by molar-refractivity contribution is -0.432. The lowest BCUT2D eigenvalue weighted by Gasteiger charge is -2.13. The molecule has 1 aromatic carbocycles. The smallest absolute Gasteiger partial charge is 0.277 e. The van der Waals surface area contributed by atoms with E-state index in [0.717, 1.165) is 11.1 Å². The second kappa shape index (κ2) is 5.07. The summed E-state index contributed by atoms with van der Waals surface area (Å²) in [5.74, 6) is -0.810. The quantitative estimate of drug-likeness (QED) is 0.367. The summed E-state index contributed by atoms with van der Waals surface area (Å²) < 4.78 is 12.6. The van der Waals surface area contributed by atoms with E-state index in [1.807, 2.05) is 30.3 Å². The highest BCUT2D eigenvalue weighted by atomic mass is 16.7. The van der Waals surface area contributed by atoms with E-state index in [1.54, 1.807) is 18.8 Å². The summed E-state index contributed by atoms with van der Waals surface area (Å²) in [7, 11) is 3.21. The van der Waals surface area contributed by atoms with Gasteiger partial charge in [-0.15, -0.1) is 5.41 Å². The van der Waals surface area contributed by atoms with Crippen LogP contribution in [0.3, 0.4) is 0 Å². The molecule has 1 aromatic rings. The number of nitrogens with one attached hydrogen (secondary N) is 1. The van der Waals surface area contributed by atoms with Gasteiger partial charge in [0, 0.05) is 14.2 Å². The van der Waals surface area contributed by atoms with Crippen molar-refractivity contribution in [3.8, 4) is 0 Å². The van der Waals surface area contributed by atoms with Crippen LogP contribution < -0.4 is 0 Å². The molecule has 1 saturated carbocycles. The molecule has 0 saturated heterocycles. The van der Waals surface area contributed by atoms with E-state index in [-0.39, 0.29) is 12.0 Å². The first-order valence-corrected chi connectivity index (χ1v) is 6.06. The predicted molar refractivity (Wildman–Crippen MR) is 75.7 cm³/mol. The fraction of sp³-hybridized carbons (Fsp3) is 0.333. The number of benzene rings is 1. The van der Waals surface area contributed by atoms with Crippen LogP contribution in [0.1, 0.15) is 5.56 Å². The molecule has 2 rings (SSSR count). The summed E-state index contributed by atoms with van der Waals surface area (Å²) in [6.45, 7) is 7.98. The largest absolute Gasteiger partial charge is 0.349 e. The maximum Gasteiger partial charge on any atom is 0.277 e. The Morgan fingerprint density at radius 3 is 2.37 bits per heavy atom. The molecule has 0 amide bonds. The minimum absolute atomic E-state index is 0.0380. The number of methoxy groups -OCH3 is 2. The van der Waals surface area contributed by atoms with Crippen molar-refractivity contribution in [3.63, 3.8) is 0 Å². The molecule has 1 fully saturated rings. The molecule has 100 valence electrons. The molecule has 0 spiro atoms. The van der Waals surface area contributed by atoms with Gasteiger partial charge in [0.15, 0.2) is 6.04 Å². The van der Waals surface area contributed by atoms with Crippen molar-refractivity contribution in [2.24, 2.45) is 5.92 Å². The van der Waals surface area contributed by atoms with E-state index in [4.69, 9.17) is 14.9 Å². The van der Waals surface area contributed by atoms with Gasteiger partial charge in [-0.1, -0.05) is 36.9 Å². The Kier molecular flexibility index (Phi) is 3.64. The summed E-state index contributed by atoms with van der Waals surface area (Å²) >= 11 is 0. The maximum absolute atomic E-state index is 7.34. The molecule has 0 bridgehead atoms. The molecule has 0 aliphatic heterocycles. The highest BCUT2D eigenvalue weighted by Crippen LogP contribution is 2.55. The molecule has 1 aliphatic rings. The first-order valence-electron chi connectivity index (χ1n) is 6.06. The first kappa shape index (κ1) is 13.6. The maximum atomic E-state index is 7.34. The van der Waals surface area contributed by atoms with Gasteiger partial charge >= 0.3 is 0 Å². The van der Waals surface area contributed by atoms with E-state index >= 15 is 0 Å². The van der Waals surface area contributed by atoms with Crippen molar-refractivity contribution in [3.05, 3.63) is 42.5 Å². The molecule has 2 atom stereocenters. The molecule has 19 heavy (non-hydrogen) atoms. The van der Waals surface area contributed by atoms with Gasteiger partial charge in [0.1, 0.15) is 0 Å². The monoisotopic (exact) mass is 259 g/mol. The zero-order valence-corrected chi connectivity index (χ0v) is 11.3. The third-order valence-electron chi connectivity index (χ3n) is 3.73. The minimum Gasteiger partial charge on any atom is -0.349 e. The third-order valence-corrected chi connectivity index (χ3v) is 3.73. The van der Waals surface area contributed by atoms with Crippen molar-refractivity contribution in [2.75, 3.05) is 14.2 Å². The molecule has 2 unspecified atom stereocenters. The third kappa shape index (κ3) is 2.03. The van der Waals surface area contributed by atoms with Crippen LogP contribution in [0.2, 0.25) is 0 Å². The zero-order chi connectivity index (χ0) is 14.0.